The second kappa shape index (κ2) is 8.31. The second-order valence-corrected chi connectivity index (χ2v) is 7.53. The predicted molar refractivity (Wildman–Crippen MR) is 118 cm³/mol. The molecule has 31 heavy (non-hydrogen) atoms. The third kappa shape index (κ3) is 3.94. The first-order valence-corrected chi connectivity index (χ1v) is 9.97. The monoisotopic (exact) mass is 440 g/mol. The highest BCUT2D eigenvalue weighted by Gasteiger charge is 2.34. The fourth-order valence-electron chi connectivity index (χ4n) is 3.54. The quantitative estimate of drug-likeness (QED) is 0.624. The molecule has 2 aromatic carbocycles. The van der Waals surface area contributed by atoms with Gasteiger partial charge < -0.3 is 20.1 Å². The van der Waals surface area contributed by atoms with Gasteiger partial charge in [-0.3, -0.25) is 9.59 Å². The van der Waals surface area contributed by atoms with E-state index in [-0.39, 0.29) is 18.2 Å². The molecule has 0 saturated carbocycles. The summed E-state index contributed by atoms with van der Waals surface area (Å²) in [4.78, 5) is 25.5. The number of hydrogen-bond acceptors (Lipinski definition) is 5. The number of amides is 2. The van der Waals surface area contributed by atoms with Gasteiger partial charge in [0.25, 0.3) is 0 Å². The molecule has 1 atom stereocenters. The lowest BCUT2D eigenvalue weighted by Crippen LogP contribution is -2.36. The number of carbonyl (C=O) groups is 2. The maximum Gasteiger partial charge on any atom is 0.249 e. The van der Waals surface area contributed by atoms with Crippen molar-refractivity contribution >= 4 is 34.9 Å². The van der Waals surface area contributed by atoms with Gasteiger partial charge >= 0.3 is 0 Å². The highest BCUT2D eigenvalue weighted by Crippen LogP contribution is 2.36. The van der Waals surface area contributed by atoms with Crippen molar-refractivity contribution in [2.45, 2.75) is 19.4 Å². The Morgan fingerprint density at radius 1 is 1.19 bits per heavy atom. The van der Waals surface area contributed by atoms with Crippen LogP contribution in [0.5, 0.6) is 11.5 Å². The van der Waals surface area contributed by atoms with Crippen LogP contribution in [-0.2, 0) is 9.59 Å². The number of anilines is 2. The van der Waals surface area contributed by atoms with Crippen LogP contribution in [0.3, 0.4) is 0 Å². The van der Waals surface area contributed by atoms with Crippen molar-refractivity contribution in [3.63, 3.8) is 0 Å². The number of fused-ring (bicyclic) bond motifs is 1. The molecule has 2 heterocycles. The van der Waals surface area contributed by atoms with E-state index in [9.17, 15) is 9.59 Å². The Labute approximate surface area is 184 Å². The Balaban J connectivity index is 1.68. The lowest BCUT2D eigenvalue weighted by atomic mass is 10.1. The topological polar surface area (TPSA) is 94.5 Å². The first-order chi connectivity index (χ1) is 14.9. The number of benzene rings is 2. The van der Waals surface area contributed by atoms with Crippen molar-refractivity contribution in [1.82, 2.24) is 9.78 Å². The second-order valence-electron chi connectivity index (χ2n) is 7.10. The van der Waals surface area contributed by atoms with Crippen molar-refractivity contribution in [3.8, 4) is 22.8 Å². The van der Waals surface area contributed by atoms with E-state index in [0.29, 0.717) is 33.7 Å². The predicted octanol–water partition coefficient (Wildman–Crippen LogP) is 4.05. The molecule has 1 aliphatic rings. The first kappa shape index (κ1) is 20.7. The van der Waals surface area contributed by atoms with Crippen LogP contribution in [-0.4, -0.2) is 35.8 Å². The van der Waals surface area contributed by atoms with E-state index in [0.717, 1.165) is 11.1 Å². The van der Waals surface area contributed by atoms with Gasteiger partial charge in [-0.1, -0.05) is 23.7 Å². The van der Waals surface area contributed by atoms with Gasteiger partial charge in [0, 0.05) is 22.2 Å². The zero-order valence-corrected chi connectivity index (χ0v) is 18.0. The van der Waals surface area contributed by atoms with Gasteiger partial charge in [-0.25, -0.2) is 4.68 Å². The molecule has 0 spiro atoms. The molecule has 1 aromatic heterocycles. The Kier molecular flexibility index (Phi) is 5.56. The number of carbonyl (C=O) groups excluding carboxylic acids is 2. The van der Waals surface area contributed by atoms with Crippen molar-refractivity contribution in [1.29, 1.82) is 0 Å². The SMILES string of the molecule is COc1ccc(NC(=O)[C@H]2CC(=O)Nc3c(C)c(-c4ccc(Cl)cc4)nn32)c(OC)c1. The minimum Gasteiger partial charge on any atom is -0.497 e. The number of nitrogens with one attached hydrogen (secondary N) is 2. The summed E-state index contributed by atoms with van der Waals surface area (Å²) in [5.41, 5.74) is 2.76. The maximum atomic E-state index is 13.1. The van der Waals surface area contributed by atoms with Crippen LogP contribution in [0.25, 0.3) is 11.3 Å². The number of hydrogen-bond donors (Lipinski definition) is 2. The lowest BCUT2D eigenvalue weighted by molar-refractivity contribution is -0.125. The Hall–Kier alpha value is -3.52. The van der Waals surface area contributed by atoms with Gasteiger partial charge in [0.05, 0.1) is 32.0 Å². The number of ether oxygens (including phenoxy) is 2. The highest BCUT2D eigenvalue weighted by atomic mass is 35.5. The van der Waals surface area contributed by atoms with Crippen LogP contribution < -0.4 is 20.1 Å². The Bertz CT molecular complexity index is 1160. The van der Waals surface area contributed by atoms with Gasteiger partial charge in [0.1, 0.15) is 23.4 Å². The molecule has 4 rings (SSSR count). The van der Waals surface area contributed by atoms with Crippen molar-refractivity contribution in [2.75, 3.05) is 24.9 Å². The van der Waals surface area contributed by atoms with Crippen LogP contribution in [0.1, 0.15) is 18.0 Å². The highest BCUT2D eigenvalue weighted by molar-refractivity contribution is 6.30. The van der Waals surface area contributed by atoms with Crippen molar-refractivity contribution < 1.29 is 19.1 Å². The summed E-state index contributed by atoms with van der Waals surface area (Å²) in [6.07, 6.45) is -0.0293. The van der Waals surface area contributed by atoms with Crippen LogP contribution in [0.2, 0.25) is 5.02 Å². The van der Waals surface area contributed by atoms with E-state index in [1.54, 1.807) is 42.1 Å². The summed E-state index contributed by atoms with van der Waals surface area (Å²) in [5, 5.41) is 10.9. The first-order valence-electron chi connectivity index (χ1n) is 9.59. The smallest absolute Gasteiger partial charge is 0.249 e. The molecule has 3 aromatic rings. The van der Waals surface area contributed by atoms with E-state index < -0.39 is 6.04 Å². The summed E-state index contributed by atoms with van der Waals surface area (Å²) in [5.74, 6) is 0.934. The van der Waals surface area contributed by atoms with Gasteiger partial charge in [0.2, 0.25) is 11.8 Å². The maximum absolute atomic E-state index is 13.1. The molecular weight excluding hydrogens is 420 g/mol. The van der Waals surface area contributed by atoms with Crippen LogP contribution >= 0.6 is 11.6 Å². The summed E-state index contributed by atoms with van der Waals surface area (Å²) < 4.78 is 12.1. The molecule has 160 valence electrons. The molecule has 0 bridgehead atoms. The van der Waals surface area contributed by atoms with E-state index in [1.165, 1.54) is 7.11 Å². The summed E-state index contributed by atoms with van der Waals surface area (Å²) in [6, 6.07) is 11.5. The van der Waals surface area contributed by atoms with Crippen molar-refractivity contribution in [3.05, 3.63) is 53.1 Å². The molecule has 2 amide bonds. The molecule has 0 aliphatic carbocycles. The van der Waals surface area contributed by atoms with Gasteiger partial charge in [-0.15, -0.1) is 0 Å². The Morgan fingerprint density at radius 2 is 1.94 bits per heavy atom. The molecule has 0 radical (unpaired) electrons. The van der Waals surface area contributed by atoms with Crippen LogP contribution in [0.15, 0.2) is 42.5 Å². The van der Waals surface area contributed by atoms with E-state index in [4.69, 9.17) is 21.1 Å². The summed E-state index contributed by atoms with van der Waals surface area (Å²) in [7, 11) is 3.05. The number of halogens is 1. The Morgan fingerprint density at radius 3 is 2.61 bits per heavy atom. The lowest BCUT2D eigenvalue weighted by Gasteiger charge is -2.24. The summed E-state index contributed by atoms with van der Waals surface area (Å²) in [6.45, 7) is 1.86. The molecule has 0 saturated heterocycles. The largest absolute Gasteiger partial charge is 0.497 e. The van der Waals surface area contributed by atoms with Crippen molar-refractivity contribution in [2.24, 2.45) is 0 Å². The molecule has 2 N–H and O–H groups in total. The van der Waals surface area contributed by atoms with Gasteiger partial charge in [-0.05, 0) is 31.2 Å². The molecule has 0 fully saturated rings. The zero-order chi connectivity index (χ0) is 22.1. The third-order valence-corrected chi connectivity index (χ3v) is 5.42. The molecule has 8 nitrogen and oxygen atoms in total. The van der Waals surface area contributed by atoms with Crippen LogP contribution in [0.4, 0.5) is 11.5 Å². The summed E-state index contributed by atoms with van der Waals surface area (Å²) >= 11 is 5.99. The normalized spacial score (nSPS) is 15.1. The van der Waals surface area contributed by atoms with E-state index in [2.05, 4.69) is 15.7 Å². The molecule has 1 aliphatic heterocycles. The van der Waals surface area contributed by atoms with Gasteiger partial charge in [0.15, 0.2) is 0 Å². The minimum atomic E-state index is -0.810. The van der Waals surface area contributed by atoms with Gasteiger partial charge in [-0.2, -0.15) is 5.10 Å². The van der Waals surface area contributed by atoms with E-state index in [1.807, 2.05) is 19.1 Å². The van der Waals surface area contributed by atoms with E-state index >= 15 is 0 Å². The zero-order valence-electron chi connectivity index (χ0n) is 17.2. The average molecular weight is 441 g/mol. The number of nitrogens with zero attached hydrogens (tertiary/aromatic N) is 2. The fraction of sp³-hybridized carbons (Fsp3) is 0.227. The minimum absolute atomic E-state index is 0.0293. The average Bonchev–Trinajstić information content (AvgIpc) is 3.10. The third-order valence-electron chi connectivity index (χ3n) is 5.17. The number of methoxy groups -OCH3 is 2. The molecule has 0 unspecified atom stereocenters. The number of aromatic nitrogens is 2. The fourth-order valence-corrected chi connectivity index (χ4v) is 3.67. The molecule has 9 heteroatoms. The standard InChI is InChI=1S/C22H21ClN4O4/c1-12-20(13-4-6-14(23)7-5-13)26-27-17(11-19(28)25-21(12)27)22(29)24-16-9-8-15(30-2)10-18(16)31-3/h4-10,17H,11H2,1-3H3,(H,24,29)(H,25,28)/t17-/m1/s1. The van der Waals surface area contributed by atoms with Crippen LogP contribution in [0, 0.1) is 6.92 Å². The molecular formula is C22H21ClN4O4. The number of rotatable bonds is 5.